The average Bonchev–Trinajstić information content (AvgIpc) is 3.20. The van der Waals surface area contributed by atoms with Crippen LogP contribution in [0.5, 0.6) is 0 Å². The first-order valence-corrected chi connectivity index (χ1v) is 8.97. The highest BCUT2D eigenvalue weighted by Crippen LogP contribution is 2.40. The van der Waals surface area contributed by atoms with Crippen LogP contribution in [0.2, 0.25) is 0 Å². The molecular formula is C19H19N5O3. The first-order valence-electron chi connectivity index (χ1n) is 8.97. The Hall–Kier alpha value is -3.16. The van der Waals surface area contributed by atoms with Gasteiger partial charge in [0.15, 0.2) is 5.58 Å². The second-order valence-corrected chi connectivity index (χ2v) is 7.39. The Kier molecular flexibility index (Phi) is 3.37. The van der Waals surface area contributed by atoms with E-state index >= 15 is 0 Å². The van der Waals surface area contributed by atoms with Crippen LogP contribution in [0.4, 0.5) is 0 Å². The Labute approximate surface area is 155 Å². The summed E-state index contributed by atoms with van der Waals surface area (Å²) in [5.41, 5.74) is 1.73. The molecule has 5 rings (SSSR count). The van der Waals surface area contributed by atoms with E-state index in [0.29, 0.717) is 29.9 Å². The van der Waals surface area contributed by atoms with Crippen LogP contribution in [-0.4, -0.2) is 61.7 Å². The van der Waals surface area contributed by atoms with Crippen LogP contribution in [0, 0.1) is 0 Å². The molecule has 8 nitrogen and oxygen atoms in total. The fourth-order valence-corrected chi connectivity index (χ4v) is 4.03. The predicted octanol–water partition coefficient (Wildman–Crippen LogP) is 1.23. The van der Waals surface area contributed by atoms with Gasteiger partial charge in [-0.15, -0.1) is 0 Å². The first-order chi connectivity index (χ1) is 13.1. The van der Waals surface area contributed by atoms with E-state index in [-0.39, 0.29) is 23.8 Å². The number of benzene rings is 1. The minimum Gasteiger partial charge on any atom is -0.356 e. The zero-order chi connectivity index (χ0) is 18.6. The molecule has 0 bridgehead atoms. The highest BCUT2D eigenvalue weighted by atomic mass is 16.5. The lowest BCUT2D eigenvalue weighted by Crippen LogP contribution is -2.78. The van der Waals surface area contributed by atoms with E-state index in [4.69, 9.17) is 4.52 Å². The number of carbonyl (C=O) groups excluding carboxylic acids is 2. The topological polar surface area (TPSA) is 84.5 Å². The maximum absolute atomic E-state index is 12.7. The van der Waals surface area contributed by atoms with Crippen LogP contribution in [-0.2, 0) is 18.3 Å². The van der Waals surface area contributed by atoms with Crippen LogP contribution in [0.1, 0.15) is 22.5 Å². The molecule has 138 valence electrons. The summed E-state index contributed by atoms with van der Waals surface area (Å²) in [6, 6.07) is 7.53. The van der Waals surface area contributed by atoms with Crippen molar-refractivity contribution >= 4 is 22.8 Å². The number of likely N-dealkylation sites (tertiary alicyclic amines) is 2. The van der Waals surface area contributed by atoms with E-state index in [1.165, 1.54) is 0 Å². The molecule has 27 heavy (non-hydrogen) atoms. The second-order valence-electron chi connectivity index (χ2n) is 7.39. The molecule has 0 unspecified atom stereocenters. The van der Waals surface area contributed by atoms with Gasteiger partial charge >= 0.3 is 0 Å². The van der Waals surface area contributed by atoms with Gasteiger partial charge in [-0.3, -0.25) is 14.3 Å². The van der Waals surface area contributed by atoms with Crippen molar-refractivity contribution in [3.8, 4) is 0 Å². The third kappa shape index (κ3) is 2.43. The minimum absolute atomic E-state index is 0.0102. The number of aromatic nitrogens is 3. The van der Waals surface area contributed by atoms with Gasteiger partial charge in [-0.1, -0.05) is 17.3 Å². The summed E-state index contributed by atoms with van der Waals surface area (Å²) in [6.07, 6.45) is 4.45. The maximum Gasteiger partial charge on any atom is 0.257 e. The molecule has 0 atom stereocenters. The molecule has 2 saturated heterocycles. The lowest BCUT2D eigenvalue weighted by Gasteiger charge is -2.62. The van der Waals surface area contributed by atoms with E-state index in [0.717, 1.165) is 18.4 Å². The molecule has 2 aliphatic heterocycles. The number of aryl methyl sites for hydroxylation is 1. The number of hydrogen-bond donors (Lipinski definition) is 0. The van der Waals surface area contributed by atoms with Gasteiger partial charge < -0.3 is 14.3 Å². The molecule has 2 aliphatic rings. The summed E-state index contributed by atoms with van der Waals surface area (Å²) < 4.78 is 6.90. The van der Waals surface area contributed by atoms with Crippen molar-refractivity contribution in [2.45, 2.75) is 18.4 Å². The van der Waals surface area contributed by atoms with Crippen molar-refractivity contribution in [2.75, 3.05) is 19.6 Å². The molecular weight excluding hydrogens is 346 g/mol. The van der Waals surface area contributed by atoms with Gasteiger partial charge in [0.25, 0.3) is 5.91 Å². The zero-order valence-electron chi connectivity index (χ0n) is 15.0. The number of para-hydroxylation sites is 1. The van der Waals surface area contributed by atoms with Crippen molar-refractivity contribution < 1.29 is 14.1 Å². The molecule has 4 heterocycles. The summed E-state index contributed by atoms with van der Waals surface area (Å²) in [5.74, 6) is 0.00398. The van der Waals surface area contributed by atoms with Crippen molar-refractivity contribution in [3.05, 3.63) is 47.9 Å². The molecule has 2 fully saturated rings. The lowest BCUT2D eigenvalue weighted by molar-refractivity contribution is -0.153. The lowest BCUT2D eigenvalue weighted by atomic mass is 9.76. The predicted molar refractivity (Wildman–Crippen MR) is 95.9 cm³/mol. The SMILES string of the molecule is Cn1cc(C(=O)N2CCC23CN(C(=O)Cc2noc4ccccc24)C3)cn1. The van der Waals surface area contributed by atoms with Crippen LogP contribution in [0.3, 0.4) is 0 Å². The number of fused-ring (bicyclic) bond motifs is 1. The molecule has 0 aliphatic carbocycles. The summed E-state index contributed by atoms with van der Waals surface area (Å²) >= 11 is 0. The molecule has 1 aromatic carbocycles. The molecule has 3 aromatic rings. The van der Waals surface area contributed by atoms with Crippen molar-refractivity contribution in [2.24, 2.45) is 7.05 Å². The van der Waals surface area contributed by atoms with Gasteiger partial charge in [0.05, 0.1) is 23.7 Å². The third-order valence-corrected chi connectivity index (χ3v) is 5.66. The second kappa shape index (κ2) is 5.67. The van der Waals surface area contributed by atoms with Crippen LogP contribution in [0.15, 0.2) is 41.2 Å². The maximum atomic E-state index is 12.7. The third-order valence-electron chi connectivity index (χ3n) is 5.66. The Bertz CT molecular complexity index is 1050. The standard InChI is InChI=1S/C19H19N5O3/c1-22-10-13(9-20-22)18(26)24-7-6-19(24)11-23(12-19)17(25)8-15-14-4-2-3-5-16(14)27-21-15/h2-5,9-10H,6-8,11-12H2,1H3. The van der Waals surface area contributed by atoms with Crippen molar-refractivity contribution in [1.82, 2.24) is 24.7 Å². The van der Waals surface area contributed by atoms with E-state index < -0.39 is 0 Å². The summed E-state index contributed by atoms with van der Waals surface area (Å²) in [5, 5.41) is 8.98. The van der Waals surface area contributed by atoms with Gasteiger partial charge in [-0.25, -0.2) is 0 Å². The Balaban J connectivity index is 1.25. The smallest absolute Gasteiger partial charge is 0.257 e. The Morgan fingerprint density at radius 2 is 2.07 bits per heavy atom. The van der Waals surface area contributed by atoms with E-state index in [1.807, 2.05) is 29.2 Å². The van der Waals surface area contributed by atoms with E-state index in [1.54, 1.807) is 29.0 Å². The van der Waals surface area contributed by atoms with Gasteiger partial charge in [0.1, 0.15) is 5.69 Å². The zero-order valence-corrected chi connectivity index (χ0v) is 15.0. The number of amides is 2. The van der Waals surface area contributed by atoms with Gasteiger partial charge in [-0.05, 0) is 18.6 Å². The Morgan fingerprint density at radius 3 is 2.78 bits per heavy atom. The van der Waals surface area contributed by atoms with Gasteiger partial charge in [0.2, 0.25) is 5.91 Å². The van der Waals surface area contributed by atoms with Crippen LogP contribution >= 0.6 is 0 Å². The fraction of sp³-hybridized carbons (Fsp3) is 0.368. The van der Waals surface area contributed by atoms with E-state index in [2.05, 4.69) is 10.3 Å². The summed E-state index contributed by atoms with van der Waals surface area (Å²) in [7, 11) is 1.79. The van der Waals surface area contributed by atoms with E-state index in [9.17, 15) is 9.59 Å². The van der Waals surface area contributed by atoms with Crippen LogP contribution < -0.4 is 0 Å². The molecule has 0 radical (unpaired) electrons. The monoisotopic (exact) mass is 365 g/mol. The minimum atomic E-state index is -0.214. The van der Waals surface area contributed by atoms with Gasteiger partial charge in [0, 0.05) is 38.3 Å². The van der Waals surface area contributed by atoms with Crippen molar-refractivity contribution in [3.63, 3.8) is 0 Å². The Morgan fingerprint density at radius 1 is 1.26 bits per heavy atom. The summed E-state index contributed by atoms with van der Waals surface area (Å²) in [6.45, 7) is 1.88. The largest absolute Gasteiger partial charge is 0.356 e. The molecule has 1 spiro atoms. The quantitative estimate of drug-likeness (QED) is 0.697. The number of hydrogen-bond acceptors (Lipinski definition) is 5. The highest BCUT2D eigenvalue weighted by Gasteiger charge is 2.56. The molecule has 2 aromatic heterocycles. The molecule has 0 N–H and O–H groups in total. The first kappa shape index (κ1) is 16.0. The van der Waals surface area contributed by atoms with Crippen molar-refractivity contribution in [1.29, 1.82) is 0 Å². The molecule has 2 amide bonds. The number of rotatable bonds is 3. The summed E-state index contributed by atoms with van der Waals surface area (Å²) in [4.78, 5) is 29.0. The van der Waals surface area contributed by atoms with Crippen LogP contribution in [0.25, 0.3) is 11.0 Å². The highest BCUT2D eigenvalue weighted by molar-refractivity contribution is 5.95. The normalized spacial score (nSPS) is 17.8. The number of carbonyl (C=O) groups is 2. The molecule has 8 heteroatoms. The fourth-order valence-electron chi connectivity index (χ4n) is 4.03. The average molecular weight is 365 g/mol. The van der Waals surface area contributed by atoms with Gasteiger partial charge in [-0.2, -0.15) is 5.10 Å². The number of nitrogens with zero attached hydrogens (tertiary/aromatic N) is 5. The molecule has 0 saturated carbocycles.